The van der Waals surface area contributed by atoms with Gasteiger partial charge in [0, 0.05) is 25.4 Å². The second-order valence-corrected chi connectivity index (χ2v) is 7.37. The fourth-order valence-corrected chi connectivity index (χ4v) is 3.78. The molecular weight excluding hydrogens is 416 g/mol. The number of hydrogen-bond donors (Lipinski definition) is 0. The first kappa shape index (κ1) is 19.8. The van der Waals surface area contributed by atoms with Crippen molar-refractivity contribution in [1.29, 1.82) is 5.26 Å². The van der Waals surface area contributed by atoms with Crippen molar-refractivity contribution >= 4 is 11.0 Å². The number of likely N-dealkylation sites (tertiary alicyclic amines) is 1. The van der Waals surface area contributed by atoms with Crippen molar-refractivity contribution in [1.82, 2.24) is 19.4 Å². The number of nitriles is 1. The molecule has 0 radical (unpaired) electrons. The quantitative estimate of drug-likeness (QED) is 0.411. The first-order valence-electron chi connectivity index (χ1n) is 9.98. The van der Waals surface area contributed by atoms with Crippen molar-refractivity contribution in [3.8, 4) is 29.3 Å². The SMILES string of the molecule is N#CN1CC[C@@H](n2ccc3ncnc(Oc4ccc(Oc5ccc(F)cc5F)cc4)c32)C1. The van der Waals surface area contributed by atoms with E-state index in [1.54, 1.807) is 29.2 Å². The first-order valence-corrected chi connectivity index (χ1v) is 9.98. The Morgan fingerprint density at radius 1 is 1.00 bits per heavy atom. The minimum Gasteiger partial charge on any atom is -0.454 e. The molecule has 2 aromatic carbocycles. The monoisotopic (exact) mass is 433 g/mol. The summed E-state index contributed by atoms with van der Waals surface area (Å²) in [6.07, 6.45) is 6.41. The van der Waals surface area contributed by atoms with Gasteiger partial charge in [-0.15, -0.1) is 0 Å². The zero-order valence-corrected chi connectivity index (χ0v) is 16.8. The van der Waals surface area contributed by atoms with Gasteiger partial charge in [0.2, 0.25) is 5.88 Å². The molecule has 160 valence electrons. The molecule has 0 unspecified atom stereocenters. The van der Waals surface area contributed by atoms with E-state index in [9.17, 15) is 8.78 Å². The highest BCUT2D eigenvalue weighted by Crippen LogP contribution is 2.33. The number of aromatic nitrogens is 3. The molecule has 0 N–H and O–H groups in total. The fourth-order valence-electron chi connectivity index (χ4n) is 3.78. The zero-order valence-electron chi connectivity index (χ0n) is 16.8. The number of halogens is 2. The number of fused-ring (bicyclic) bond motifs is 1. The molecule has 0 saturated carbocycles. The molecule has 4 aromatic rings. The van der Waals surface area contributed by atoms with Crippen molar-refractivity contribution in [2.24, 2.45) is 0 Å². The third-order valence-electron chi connectivity index (χ3n) is 5.33. The van der Waals surface area contributed by atoms with E-state index in [4.69, 9.17) is 14.7 Å². The minimum atomic E-state index is -0.781. The predicted octanol–water partition coefficient (Wildman–Crippen LogP) is 5.02. The van der Waals surface area contributed by atoms with E-state index < -0.39 is 11.6 Å². The van der Waals surface area contributed by atoms with Crippen LogP contribution in [-0.2, 0) is 0 Å². The summed E-state index contributed by atoms with van der Waals surface area (Å²) in [6.45, 7) is 1.33. The molecule has 2 aromatic heterocycles. The summed E-state index contributed by atoms with van der Waals surface area (Å²) in [4.78, 5) is 10.3. The molecular formula is C23H17F2N5O2. The Morgan fingerprint density at radius 3 is 2.50 bits per heavy atom. The number of rotatable bonds is 5. The highest BCUT2D eigenvalue weighted by Gasteiger charge is 2.25. The van der Waals surface area contributed by atoms with Crippen molar-refractivity contribution in [2.75, 3.05) is 13.1 Å². The van der Waals surface area contributed by atoms with Crippen LogP contribution in [0.3, 0.4) is 0 Å². The molecule has 1 saturated heterocycles. The van der Waals surface area contributed by atoms with Crippen molar-refractivity contribution in [2.45, 2.75) is 12.5 Å². The Morgan fingerprint density at radius 2 is 1.78 bits per heavy atom. The third kappa shape index (κ3) is 3.78. The average Bonchev–Trinajstić information content (AvgIpc) is 3.44. The lowest BCUT2D eigenvalue weighted by molar-refractivity contribution is 0.432. The van der Waals surface area contributed by atoms with E-state index in [1.807, 2.05) is 12.3 Å². The van der Waals surface area contributed by atoms with Crippen LogP contribution >= 0.6 is 0 Å². The number of benzene rings is 2. The van der Waals surface area contributed by atoms with Crippen molar-refractivity contribution in [3.05, 3.63) is 72.7 Å². The van der Waals surface area contributed by atoms with Crippen molar-refractivity contribution in [3.63, 3.8) is 0 Å². The van der Waals surface area contributed by atoms with E-state index in [1.165, 1.54) is 12.4 Å². The van der Waals surface area contributed by atoms with Crippen LogP contribution in [-0.4, -0.2) is 32.5 Å². The van der Waals surface area contributed by atoms with Gasteiger partial charge in [-0.1, -0.05) is 0 Å². The minimum absolute atomic E-state index is 0.0709. The lowest BCUT2D eigenvalue weighted by atomic mass is 10.2. The van der Waals surface area contributed by atoms with E-state index in [0.717, 1.165) is 29.6 Å². The van der Waals surface area contributed by atoms with Gasteiger partial charge >= 0.3 is 0 Å². The van der Waals surface area contributed by atoms with E-state index >= 15 is 0 Å². The van der Waals surface area contributed by atoms with Crippen LogP contribution in [0.4, 0.5) is 8.78 Å². The highest BCUT2D eigenvalue weighted by atomic mass is 19.1. The Balaban J connectivity index is 1.38. The summed E-state index contributed by atoms with van der Waals surface area (Å²) >= 11 is 0. The molecule has 0 spiro atoms. The van der Waals surface area contributed by atoms with E-state index in [0.29, 0.717) is 30.5 Å². The lowest BCUT2D eigenvalue weighted by Gasteiger charge is -2.15. The van der Waals surface area contributed by atoms with Crippen LogP contribution < -0.4 is 9.47 Å². The summed E-state index contributed by atoms with van der Waals surface area (Å²) in [7, 11) is 0. The van der Waals surface area contributed by atoms with Gasteiger partial charge < -0.3 is 18.9 Å². The van der Waals surface area contributed by atoms with Crippen LogP contribution in [0.2, 0.25) is 0 Å². The molecule has 1 aliphatic rings. The predicted molar refractivity (Wildman–Crippen MR) is 111 cm³/mol. The lowest BCUT2D eigenvalue weighted by Crippen LogP contribution is -2.15. The molecule has 9 heteroatoms. The summed E-state index contributed by atoms with van der Waals surface area (Å²) in [6, 6.07) is 11.7. The molecule has 0 bridgehead atoms. The van der Waals surface area contributed by atoms with Crippen LogP contribution in [0.1, 0.15) is 12.5 Å². The number of ether oxygens (including phenoxy) is 2. The first-order chi connectivity index (χ1) is 15.6. The van der Waals surface area contributed by atoms with Crippen LogP contribution in [0, 0.1) is 23.1 Å². The standard InChI is InChI=1S/C23H17F2N5O2/c24-15-1-6-21(19(25)11-15)31-17-2-4-18(5-3-17)32-23-22-20(27-14-28-23)8-10-30(22)16-7-9-29(12-16)13-26/h1-6,8,10-11,14,16H,7,9,12H2/t16-/m1/s1. The van der Waals surface area contributed by atoms with Gasteiger partial charge in [-0.2, -0.15) is 10.2 Å². The summed E-state index contributed by atoms with van der Waals surface area (Å²) in [5.74, 6) is -0.239. The van der Waals surface area contributed by atoms with E-state index in [-0.39, 0.29) is 11.8 Å². The Kier molecular flexibility index (Phi) is 5.03. The fraction of sp³-hybridized carbons (Fsp3) is 0.174. The second-order valence-electron chi connectivity index (χ2n) is 7.37. The second kappa shape index (κ2) is 8.15. The molecule has 0 amide bonds. The Labute approximate surface area is 182 Å². The molecule has 1 fully saturated rings. The molecule has 0 aliphatic carbocycles. The smallest absolute Gasteiger partial charge is 0.247 e. The Hall–Kier alpha value is -4.19. The van der Waals surface area contributed by atoms with Gasteiger partial charge in [-0.3, -0.25) is 0 Å². The molecule has 1 atom stereocenters. The van der Waals surface area contributed by atoms with Gasteiger partial charge in [-0.25, -0.2) is 13.8 Å². The normalized spacial score (nSPS) is 15.7. The van der Waals surface area contributed by atoms with Crippen LogP contribution in [0.25, 0.3) is 11.0 Å². The zero-order chi connectivity index (χ0) is 22.1. The van der Waals surface area contributed by atoms with Crippen LogP contribution in [0.5, 0.6) is 23.1 Å². The Bertz CT molecular complexity index is 1320. The molecule has 32 heavy (non-hydrogen) atoms. The van der Waals surface area contributed by atoms with Gasteiger partial charge in [0.25, 0.3) is 0 Å². The van der Waals surface area contributed by atoms with Crippen LogP contribution in [0.15, 0.2) is 61.1 Å². The molecule has 5 rings (SSSR count). The maximum Gasteiger partial charge on any atom is 0.247 e. The van der Waals surface area contributed by atoms with Gasteiger partial charge in [0.1, 0.15) is 29.2 Å². The average molecular weight is 433 g/mol. The maximum atomic E-state index is 13.8. The van der Waals surface area contributed by atoms with Gasteiger partial charge in [0.15, 0.2) is 17.8 Å². The molecule has 3 heterocycles. The summed E-state index contributed by atoms with van der Waals surface area (Å²) < 4.78 is 40.4. The number of nitrogens with zero attached hydrogens (tertiary/aromatic N) is 5. The number of hydrogen-bond acceptors (Lipinski definition) is 6. The maximum absolute atomic E-state index is 13.8. The van der Waals surface area contributed by atoms with E-state index in [2.05, 4.69) is 20.7 Å². The summed E-state index contributed by atoms with van der Waals surface area (Å²) in [5, 5.41) is 9.16. The largest absolute Gasteiger partial charge is 0.454 e. The third-order valence-corrected chi connectivity index (χ3v) is 5.33. The molecule has 1 aliphatic heterocycles. The van der Waals surface area contributed by atoms with Gasteiger partial charge in [-0.05, 0) is 48.9 Å². The molecule has 7 nitrogen and oxygen atoms in total. The highest BCUT2D eigenvalue weighted by molar-refractivity contribution is 5.81. The topological polar surface area (TPSA) is 76.2 Å². The van der Waals surface area contributed by atoms with Crippen molar-refractivity contribution < 1.29 is 18.3 Å². The van der Waals surface area contributed by atoms with Gasteiger partial charge in [0.05, 0.1) is 11.6 Å². The summed E-state index contributed by atoms with van der Waals surface area (Å²) in [5.41, 5.74) is 1.50.